The molecule has 3 heterocycles. The van der Waals surface area contributed by atoms with Crippen LogP contribution in [0.4, 0.5) is 16.2 Å². The van der Waals surface area contributed by atoms with Gasteiger partial charge in [0.2, 0.25) is 0 Å². The fourth-order valence-corrected chi connectivity index (χ4v) is 7.67. The summed E-state index contributed by atoms with van der Waals surface area (Å²) >= 11 is 3.38. The van der Waals surface area contributed by atoms with Crippen molar-refractivity contribution in [3.63, 3.8) is 0 Å². The van der Waals surface area contributed by atoms with E-state index in [0.717, 1.165) is 43.8 Å². The molecule has 2 aromatic carbocycles. The Morgan fingerprint density at radius 1 is 0.714 bits per heavy atom. The molecule has 0 amide bonds. The zero-order valence-corrected chi connectivity index (χ0v) is 27.6. The van der Waals surface area contributed by atoms with Gasteiger partial charge in [-0.3, -0.25) is 0 Å². The second-order valence-corrected chi connectivity index (χ2v) is 14.6. The molecule has 0 fully saturated rings. The van der Waals surface area contributed by atoms with Gasteiger partial charge in [0.25, 0.3) is 0 Å². The topological polar surface area (TPSA) is 56.0 Å². The standard InChI is InChI=1S/C35H45N3O2S2/c1-6-8-10-12-14-16-24-18-20-28-26(22-24)36-32-30(41-28)31-33(38(32)34(39)40-35(3,4)5)37-27-23-25(19-21-29(27)42-31)17-15-13-11-9-7-2/h18-23H,6-17H2,1-5H3. The van der Waals surface area contributed by atoms with Crippen molar-refractivity contribution in [2.75, 3.05) is 0 Å². The van der Waals surface area contributed by atoms with Crippen LogP contribution in [0.2, 0.25) is 0 Å². The number of hydrogen-bond acceptors (Lipinski definition) is 6. The number of nitrogens with zero attached hydrogens (tertiary/aromatic N) is 3. The van der Waals surface area contributed by atoms with E-state index in [-0.39, 0.29) is 0 Å². The van der Waals surface area contributed by atoms with Crippen LogP contribution in [0.15, 0.2) is 66.0 Å². The minimum Gasteiger partial charge on any atom is -0.443 e. The summed E-state index contributed by atoms with van der Waals surface area (Å²) in [5.41, 5.74) is 5.08. The molecule has 0 spiro atoms. The quantitative estimate of drug-likeness (QED) is 0.133. The van der Waals surface area contributed by atoms with Crippen molar-refractivity contribution < 1.29 is 9.53 Å². The van der Waals surface area contributed by atoms with Crippen molar-refractivity contribution in [2.45, 2.75) is 137 Å². The largest absolute Gasteiger partial charge is 0.443 e. The highest BCUT2D eigenvalue weighted by atomic mass is 32.2. The molecule has 1 aromatic heterocycles. The summed E-state index contributed by atoms with van der Waals surface area (Å²) in [6.45, 7) is 10.2. The summed E-state index contributed by atoms with van der Waals surface area (Å²) in [5.74, 6) is 0. The van der Waals surface area contributed by atoms with E-state index < -0.39 is 11.7 Å². The van der Waals surface area contributed by atoms with Gasteiger partial charge in [-0.1, -0.05) is 101 Å². The Bertz CT molecular complexity index is 1450. The van der Waals surface area contributed by atoms with E-state index >= 15 is 0 Å². The second kappa shape index (κ2) is 13.9. The minimum atomic E-state index is -0.629. The van der Waals surface area contributed by atoms with Gasteiger partial charge >= 0.3 is 6.09 Å². The number of rotatable bonds is 12. The highest BCUT2D eigenvalue weighted by Gasteiger charge is 2.31. The second-order valence-electron chi connectivity index (χ2n) is 12.5. The van der Waals surface area contributed by atoms with E-state index in [1.165, 1.54) is 75.3 Å². The average Bonchev–Trinajstić information content (AvgIpc) is 3.25. The molecule has 2 aliphatic heterocycles. The third-order valence-electron chi connectivity index (χ3n) is 7.67. The summed E-state index contributed by atoms with van der Waals surface area (Å²) in [6, 6.07) is 13.2. The summed E-state index contributed by atoms with van der Waals surface area (Å²) in [4.78, 5) is 28.1. The van der Waals surface area contributed by atoms with Crippen molar-refractivity contribution >= 4 is 41.0 Å². The van der Waals surface area contributed by atoms with Gasteiger partial charge < -0.3 is 4.74 Å². The molecule has 0 unspecified atom stereocenters. The lowest BCUT2D eigenvalue weighted by Crippen LogP contribution is -2.39. The van der Waals surface area contributed by atoms with Gasteiger partial charge in [-0.05, 0) is 81.8 Å². The van der Waals surface area contributed by atoms with E-state index in [1.807, 2.05) is 20.8 Å². The molecule has 7 heteroatoms. The molecule has 3 aromatic rings. The molecule has 0 saturated heterocycles. The van der Waals surface area contributed by atoms with Gasteiger partial charge in [0, 0.05) is 9.79 Å². The molecule has 0 saturated carbocycles. The number of aryl methyl sites for hydroxylation is 2. The first-order valence-electron chi connectivity index (χ1n) is 15.8. The smallest absolute Gasteiger partial charge is 0.422 e. The van der Waals surface area contributed by atoms with Crippen molar-refractivity contribution in [3.8, 4) is 0 Å². The lowest BCUT2D eigenvalue weighted by atomic mass is 10.1. The van der Waals surface area contributed by atoms with Gasteiger partial charge in [0.1, 0.15) is 5.60 Å². The van der Waals surface area contributed by atoms with E-state index in [4.69, 9.17) is 14.7 Å². The first-order valence-corrected chi connectivity index (χ1v) is 17.5. The molecule has 5 rings (SSSR count). The molecule has 0 N–H and O–H groups in total. The normalized spacial score (nSPS) is 13.4. The van der Waals surface area contributed by atoms with Crippen LogP contribution in [0.25, 0.3) is 0 Å². The SMILES string of the molecule is CCCCCCCc1ccc2c(c1)N=c1c(c3c(n1C(=O)OC(C)(C)C)=Nc1cc(CCCCCCC)ccc1S3)S2. The Kier molecular flexibility index (Phi) is 10.2. The van der Waals surface area contributed by atoms with E-state index in [1.54, 1.807) is 28.1 Å². The Labute approximate surface area is 259 Å². The van der Waals surface area contributed by atoms with Crippen molar-refractivity contribution in [3.05, 3.63) is 58.5 Å². The summed E-state index contributed by atoms with van der Waals surface area (Å²) in [7, 11) is 0. The van der Waals surface area contributed by atoms with Crippen LogP contribution in [0.5, 0.6) is 0 Å². The molecule has 0 radical (unpaired) electrons. The van der Waals surface area contributed by atoms with Crippen LogP contribution in [0.1, 0.15) is 110 Å². The number of fused-ring (bicyclic) bond motifs is 5. The van der Waals surface area contributed by atoms with Crippen LogP contribution >= 0.6 is 23.5 Å². The third kappa shape index (κ3) is 7.34. The lowest BCUT2D eigenvalue weighted by Gasteiger charge is -2.20. The van der Waals surface area contributed by atoms with Crippen LogP contribution in [-0.4, -0.2) is 16.3 Å². The number of aromatic nitrogens is 1. The fraction of sp³-hybridized carbons (Fsp3) is 0.514. The molecule has 0 atom stereocenters. The molecule has 0 aliphatic carbocycles. The predicted molar refractivity (Wildman–Crippen MR) is 174 cm³/mol. The maximum absolute atomic E-state index is 13.7. The highest BCUT2D eigenvalue weighted by Crippen LogP contribution is 2.45. The molecule has 0 bridgehead atoms. The molecular weight excluding hydrogens is 559 g/mol. The third-order valence-corrected chi connectivity index (χ3v) is 10.1. The Morgan fingerprint density at radius 2 is 1.17 bits per heavy atom. The number of carbonyl (C=O) groups excluding carboxylic acids is 1. The van der Waals surface area contributed by atoms with Gasteiger partial charge in [-0.15, -0.1) is 0 Å². The Morgan fingerprint density at radius 3 is 1.60 bits per heavy atom. The molecular formula is C35H45N3O2S2. The Hall–Kier alpha value is -2.51. The maximum Gasteiger partial charge on any atom is 0.422 e. The molecule has 5 nitrogen and oxygen atoms in total. The highest BCUT2D eigenvalue weighted by molar-refractivity contribution is 8.02. The first kappa shape index (κ1) is 30.9. The van der Waals surface area contributed by atoms with Gasteiger partial charge in [0.05, 0.1) is 21.2 Å². The lowest BCUT2D eigenvalue weighted by molar-refractivity contribution is 0.0523. The van der Waals surface area contributed by atoms with Gasteiger partial charge in [-0.25, -0.2) is 19.3 Å². The van der Waals surface area contributed by atoms with Crippen LogP contribution in [-0.2, 0) is 17.6 Å². The summed E-state index contributed by atoms with van der Waals surface area (Å²) in [6.07, 6.45) is 14.3. The van der Waals surface area contributed by atoms with Crippen molar-refractivity contribution in [1.82, 2.24) is 4.57 Å². The number of unbranched alkanes of at least 4 members (excludes halogenated alkanes) is 8. The monoisotopic (exact) mass is 603 g/mol. The number of hydrogen-bond donors (Lipinski definition) is 0. The van der Waals surface area contributed by atoms with E-state index in [0.29, 0.717) is 11.0 Å². The van der Waals surface area contributed by atoms with Crippen LogP contribution in [0.3, 0.4) is 0 Å². The maximum atomic E-state index is 13.7. The van der Waals surface area contributed by atoms with Crippen molar-refractivity contribution in [1.29, 1.82) is 0 Å². The first-order chi connectivity index (χ1) is 20.3. The fourth-order valence-electron chi connectivity index (χ4n) is 5.47. The van der Waals surface area contributed by atoms with Crippen LogP contribution in [0, 0.1) is 0 Å². The van der Waals surface area contributed by atoms with E-state index in [9.17, 15) is 4.79 Å². The minimum absolute atomic E-state index is 0.431. The molecule has 2 aliphatic rings. The van der Waals surface area contributed by atoms with Gasteiger partial charge in [-0.2, -0.15) is 0 Å². The summed E-state index contributed by atoms with van der Waals surface area (Å²) < 4.78 is 7.50. The number of benzene rings is 2. The average molecular weight is 604 g/mol. The molecule has 224 valence electrons. The van der Waals surface area contributed by atoms with Crippen LogP contribution < -0.4 is 11.0 Å². The number of carbonyl (C=O) groups is 1. The zero-order chi connectivity index (χ0) is 29.7. The Balaban J connectivity index is 1.50. The summed E-state index contributed by atoms with van der Waals surface area (Å²) in [5, 5.41) is 0. The number of ether oxygens (including phenoxy) is 1. The zero-order valence-electron chi connectivity index (χ0n) is 25.9. The molecule has 42 heavy (non-hydrogen) atoms. The van der Waals surface area contributed by atoms with Crippen molar-refractivity contribution in [2.24, 2.45) is 9.98 Å². The van der Waals surface area contributed by atoms with E-state index in [2.05, 4.69) is 50.2 Å². The van der Waals surface area contributed by atoms with Gasteiger partial charge in [0.15, 0.2) is 11.0 Å². The predicted octanol–water partition coefficient (Wildman–Crippen LogP) is 10.1.